The van der Waals surface area contributed by atoms with Gasteiger partial charge < -0.3 is 4.90 Å². The first kappa shape index (κ1) is 17.3. The van der Waals surface area contributed by atoms with Crippen molar-refractivity contribution < 1.29 is 9.72 Å². The molecule has 2 aromatic rings. The van der Waals surface area contributed by atoms with Crippen LogP contribution in [0.1, 0.15) is 12.5 Å². The predicted molar refractivity (Wildman–Crippen MR) is 102 cm³/mol. The molecule has 1 amide bonds. The summed E-state index contributed by atoms with van der Waals surface area (Å²) >= 11 is 0. The average Bonchev–Trinajstić information content (AvgIpc) is 2.90. The summed E-state index contributed by atoms with van der Waals surface area (Å²) in [5, 5.41) is 16.3. The second-order valence-electron chi connectivity index (χ2n) is 6.12. The van der Waals surface area contributed by atoms with E-state index in [9.17, 15) is 14.9 Å². The fraction of sp³-hybridized carbons (Fsp3) is 0.158. The van der Waals surface area contributed by atoms with Gasteiger partial charge in [0.1, 0.15) is 0 Å². The van der Waals surface area contributed by atoms with Gasteiger partial charge in [0.25, 0.3) is 11.6 Å². The zero-order chi connectivity index (χ0) is 18.8. The number of carbonyl (C=O) groups is 1. The molecule has 0 saturated heterocycles. The smallest absolute Gasteiger partial charge is 0.280 e. The van der Waals surface area contributed by atoms with Crippen molar-refractivity contribution in [3.8, 4) is 0 Å². The summed E-state index contributed by atoms with van der Waals surface area (Å²) in [6, 6.07) is 13.6. The van der Waals surface area contributed by atoms with Gasteiger partial charge in [-0.15, -0.1) is 0 Å². The van der Waals surface area contributed by atoms with E-state index in [2.05, 4.69) is 5.10 Å². The first-order valence-electron chi connectivity index (χ1n) is 8.00. The number of non-ortho nitro benzene ring substituents is 1. The van der Waals surface area contributed by atoms with Gasteiger partial charge in [0.2, 0.25) is 0 Å². The van der Waals surface area contributed by atoms with Crippen molar-refractivity contribution in [2.24, 2.45) is 5.10 Å². The summed E-state index contributed by atoms with van der Waals surface area (Å²) in [7, 11) is 3.93. The zero-order valence-corrected chi connectivity index (χ0v) is 14.7. The molecular weight excluding hydrogens is 332 g/mol. The highest BCUT2D eigenvalue weighted by Crippen LogP contribution is 2.27. The van der Waals surface area contributed by atoms with Crippen molar-refractivity contribution >= 4 is 34.8 Å². The Morgan fingerprint density at radius 1 is 1.08 bits per heavy atom. The molecule has 3 rings (SSSR count). The van der Waals surface area contributed by atoms with E-state index in [0.29, 0.717) is 17.0 Å². The molecule has 0 saturated carbocycles. The Kier molecular flexibility index (Phi) is 4.53. The molecule has 1 heterocycles. The van der Waals surface area contributed by atoms with E-state index < -0.39 is 4.92 Å². The van der Waals surface area contributed by atoms with Crippen LogP contribution in [0.3, 0.4) is 0 Å². The molecule has 7 nitrogen and oxygen atoms in total. The van der Waals surface area contributed by atoms with E-state index in [0.717, 1.165) is 11.3 Å². The number of nitro groups is 1. The molecule has 132 valence electrons. The van der Waals surface area contributed by atoms with E-state index >= 15 is 0 Å². The van der Waals surface area contributed by atoms with E-state index in [1.165, 1.54) is 29.3 Å². The highest BCUT2D eigenvalue weighted by atomic mass is 16.6. The van der Waals surface area contributed by atoms with Crippen LogP contribution in [-0.4, -0.2) is 30.6 Å². The van der Waals surface area contributed by atoms with Gasteiger partial charge in [-0.3, -0.25) is 14.9 Å². The number of carbonyl (C=O) groups excluding carboxylic acids is 1. The summed E-state index contributed by atoms with van der Waals surface area (Å²) in [6.45, 7) is 1.77. The van der Waals surface area contributed by atoms with Crippen LogP contribution in [0.5, 0.6) is 0 Å². The molecule has 0 aliphatic carbocycles. The fourth-order valence-corrected chi connectivity index (χ4v) is 2.61. The van der Waals surface area contributed by atoms with Crippen LogP contribution in [0.4, 0.5) is 17.1 Å². The maximum absolute atomic E-state index is 12.7. The fourth-order valence-electron chi connectivity index (χ4n) is 2.61. The number of rotatable bonds is 4. The Balaban J connectivity index is 1.86. The summed E-state index contributed by atoms with van der Waals surface area (Å²) < 4.78 is 0. The number of hydrazone groups is 1. The highest BCUT2D eigenvalue weighted by Gasteiger charge is 2.28. The first-order valence-corrected chi connectivity index (χ1v) is 8.00. The van der Waals surface area contributed by atoms with Gasteiger partial charge in [-0.05, 0) is 42.8 Å². The van der Waals surface area contributed by atoms with Crippen LogP contribution >= 0.6 is 0 Å². The Morgan fingerprint density at radius 2 is 1.69 bits per heavy atom. The van der Waals surface area contributed by atoms with Crippen molar-refractivity contribution in [2.75, 3.05) is 24.0 Å². The maximum atomic E-state index is 12.7. The molecule has 0 atom stereocenters. The Morgan fingerprint density at radius 3 is 2.23 bits per heavy atom. The molecule has 0 aromatic heterocycles. The lowest BCUT2D eigenvalue weighted by atomic mass is 10.1. The Hall–Kier alpha value is -3.48. The molecular formula is C19H18N4O3. The lowest BCUT2D eigenvalue weighted by Crippen LogP contribution is -2.21. The van der Waals surface area contributed by atoms with Gasteiger partial charge in [-0.25, -0.2) is 0 Å². The van der Waals surface area contributed by atoms with Crippen LogP contribution < -0.4 is 9.91 Å². The summed E-state index contributed by atoms with van der Waals surface area (Å²) in [5.41, 5.74) is 3.54. The Bertz CT molecular complexity index is 913. The highest BCUT2D eigenvalue weighted by molar-refractivity contribution is 6.32. The van der Waals surface area contributed by atoms with E-state index in [1.54, 1.807) is 13.0 Å². The molecule has 2 aromatic carbocycles. The van der Waals surface area contributed by atoms with Crippen LogP contribution in [0, 0.1) is 10.1 Å². The van der Waals surface area contributed by atoms with E-state index in [-0.39, 0.29) is 11.6 Å². The number of anilines is 2. The minimum absolute atomic E-state index is 0.0298. The van der Waals surface area contributed by atoms with Gasteiger partial charge in [-0.2, -0.15) is 10.1 Å². The van der Waals surface area contributed by atoms with E-state index in [1.807, 2.05) is 43.3 Å². The number of hydrogen-bond donors (Lipinski definition) is 0. The topological polar surface area (TPSA) is 79.0 Å². The minimum Gasteiger partial charge on any atom is -0.378 e. The molecule has 0 spiro atoms. The van der Waals surface area contributed by atoms with Gasteiger partial charge in [0.15, 0.2) is 0 Å². The summed E-state index contributed by atoms with van der Waals surface area (Å²) in [4.78, 5) is 25.0. The van der Waals surface area contributed by atoms with Gasteiger partial charge >= 0.3 is 0 Å². The number of nitro benzene ring substituents is 1. The minimum atomic E-state index is -0.479. The van der Waals surface area contributed by atoms with Gasteiger partial charge in [-0.1, -0.05) is 12.1 Å². The number of nitrogens with zero attached hydrogens (tertiary/aromatic N) is 4. The van der Waals surface area contributed by atoms with Crippen LogP contribution in [0.25, 0.3) is 6.08 Å². The van der Waals surface area contributed by atoms with Crippen LogP contribution in [-0.2, 0) is 4.79 Å². The van der Waals surface area contributed by atoms with E-state index in [4.69, 9.17) is 0 Å². The van der Waals surface area contributed by atoms with Crippen molar-refractivity contribution in [3.05, 3.63) is 69.8 Å². The first-order chi connectivity index (χ1) is 12.4. The van der Waals surface area contributed by atoms with Crippen LogP contribution in [0.2, 0.25) is 0 Å². The molecule has 0 fully saturated rings. The average molecular weight is 350 g/mol. The normalized spacial score (nSPS) is 15.3. The second kappa shape index (κ2) is 6.79. The molecule has 0 radical (unpaired) electrons. The van der Waals surface area contributed by atoms with Crippen molar-refractivity contribution in [1.29, 1.82) is 0 Å². The quantitative estimate of drug-likeness (QED) is 0.480. The monoisotopic (exact) mass is 350 g/mol. The molecule has 1 aliphatic heterocycles. The summed E-state index contributed by atoms with van der Waals surface area (Å²) in [6.07, 6.45) is 1.80. The maximum Gasteiger partial charge on any atom is 0.280 e. The SMILES string of the molecule is CC1=NN(c2ccc([N+](=O)[O-])cc2)C(=O)C1=Cc1ccc(N(C)C)cc1. The number of hydrogen-bond acceptors (Lipinski definition) is 5. The molecule has 26 heavy (non-hydrogen) atoms. The zero-order valence-electron chi connectivity index (χ0n) is 14.7. The third-order valence-corrected chi connectivity index (χ3v) is 4.09. The van der Waals surface area contributed by atoms with Crippen molar-refractivity contribution in [1.82, 2.24) is 0 Å². The lowest BCUT2D eigenvalue weighted by molar-refractivity contribution is -0.384. The lowest BCUT2D eigenvalue weighted by Gasteiger charge is -2.12. The molecule has 7 heteroatoms. The second-order valence-corrected chi connectivity index (χ2v) is 6.12. The van der Waals surface area contributed by atoms with Crippen LogP contribution in [0.15, 0.2) is 59.2 Å². The molecule has 1 aliphatic rings. The number of amides is 1. The molecule has 0 bridgehead atoms. The third-order valence-electron chi connectivity index (χ3n) is 4.09. The van der Waals surface area contributed by atoms with Gasteiger partial charge in [0, 0.05) is 31.9 Å². The Labute approximate surface area is 151 Å². The molecule has 0 unspecified atom stereocenters. The molecule has 0 N–H and O–H groups in total. The largest absolute Gasteiger partial charge is 0.378 e. The summed E-state index contributed by atoms with van der Waals surface area (Å²) in [5.74, 6) is -0.256. The van der Waals surface area contributed by atoms with Crippen molar-refractivity contribution in [2.45, 2.75) is 6.92 Å². The number of benzene rings is 2. The van der Waals surface area contributed by atoms with Gasteiger partial charge in [0.05, 0.1) is 21.9 Å². The third kappa shape index (κ3) is 3.32. The van der Waals surface area contributed by atoms with Crippen molar-refractivity contribution in [3.63, 3.8) is 0 Å². The standard InChI is InChI=1S/C19H18N4O3/c1-13-18(12-14-4-6-15(7-5-14)21(2)3)19(24)22(20-13)16-8-10-17(11-9-16)23(25)26/h4-12H,1-3H3. The predicted octanol–water partition coefficient (Wildman–Crippen LogP) is 3.47.